The molecule has 1 amide bonds. The van der Waals surface area contributed by atoms with E-state index in [-0.39, 0.29) is 12.5 Å². The predicted octanol–water partition coefficient (Wildman–Crippen LogP) is 1.24. The van der Waals surface area contributed by atoms with Crippen LogP contribution in [0.1, 0.15) is 40.5 Å². The van der Waals surface area contributed by atoms with E-state index < -0.39 is 0 Å². The SMILES string of the molecule is CC(C)CCNC(=O)CN(CCCO)C(C)C. The summed E-state index contributed by atoms with van der Waals surface area (Å²) in [5.41, 5.74) is 0. The van der Waals surface area contributed by atoms with Gasteiger partial charge in [0.1, 0.15) is 0 Å². The van der Waals surface area contributed by atoms with Crippen molar-refractivity contribution < 1.29 is 9.90 Å². The predicted molar refractivity (Wildman–Crippen MR) is 70.9 cm³/mol. The molecule has 0 spiro atoms. The first-order valence-corrected chi connectivity index (χ1v) is 6.59. The lowest BCUT2D eigenvalue weighted by Gasteiger charge is -2.25. The topological polar surface area (TPSA) is 52.6 Å². The Balaban J connectivity index is 3.87. The minimum absolute atomic E-state index is 0.0808. The number of nitrogens with zero attached hydrogens (tertiary/aromatic N) is 1. The summed E-state index contributed by atoms with van der Waals surface area (Å²) >= 11 is 0. The Morgan fingerprint density at radius 2 is 1.94 bits per heavy atom. The van der Waals surface area contributed by atoms with Gasteiger partial charge in [0.2, 0.25) is 5.91 Å². The van der Waals surface area contributed by atoms with Gasteiger partial charge in [0.05, 0.1) is 6.54 Å². The van der Waals surface area contributed by atoms with Crippen LogP contribution in [0, 0.1) is 5.92 Å². The fourth-order valence-corrected chi connectivity index (χ4v) is 1.53. The van der Waals surface area contributed by atoms with Crippen LogP contribution < -0.4 is 5.32 Å². The number of aliphatic hydroxyl groups is 1. The van der Waals surface area contributed by atoms with Gasteiger partial charge < -0.3 is 10.4 Å². The van der Waals surface area contributed by atoms with Crippen molar-refractivity contribution in [1.82, 2.24) is 10.2 Å². The Hall–Kier alpha value is -0.610. The van der Waals surface area contributed by atoms with E-state index >= 15 is 0 Å². The van der Waals surface area contributed by atoms with Gasteiger partial charge in [0, 0.05) is 25.7 Å². The molecule has 0 aromatic heterocycles. The number of carbonyl (C=O) groups is 1. The normalized spacial score (nSPS) is 11.5. The van der Waals surface area contributed by atoms with Crippen LogP contribution in [0.25, 0.3) is 0 Å². The fourth-order valence-electron chi connectivity index (χ4n) is 1.53. The Labute approximate surface area is 105 Å². The van der Waals surface area contributed by atoms with Crippen LogP contribution in [0.15, 0.2) is 0 Å². The summed E-state index contributed by atoms with van der Waals surface area (Å²) in [6.07, 6.45) is 1.74. The molecule has 0 aliphatic heterocycles. The smallest absolute Gasteiger partial charge is 0.234 e. The maximum absolute atomic E-state index is 11.7. The molecule has 0 atom stereocenters. The zero-order chi connectivity index (χ0) is 13.3. The lowest BCUT2D eigenvalue weighted by molar-refractivity contribution is -0.122. The largest absolute Gasteiger partial charge is 0.396 e. The van der Waals surface area contributed by atoms with E-state index in [1.54, 1.807) is 0 Å². The quantitative estimate of drug-likeness (QED) is 0.641. The van der Waals surface area contributed by atoms with Crippen LogP contribution >= 0.6 is 0 Å². The first kappa shape index (κ1) is 16.4. The van der Waals surface area contributed by atoms with Gasteiger partial charge in [0.25, 0.3) is 0 Å². The van der Waals surface area contributed by atoms with Crippen LogP contribution in [0.3, 0.4) is 0 Å². The Kier molecular flexibility index (Phi) is 9.09. The van der Waals surface area contributed by atoms with E-state index in [9.17, 15) is 4.79 Å². The first-order valence-electron chi connectivity index (χ1n) is 6.59. The van der Waals surface area contributed by atoms with Gasteiger partial charge >= 0.3 is 0 Å². The molecule has 17 heavy (non-hydrogen) atoms. The molecule has 4 heteroatoms. The van der Waals surface area contributed by atoms with E-state index in [0.29, 0.717) is 18.5 Å². The van der Waals surface area contributed by atoms with Crippen molar-refractivity contribution in [2.24, 2.45) is 5.92 Å². The second-order valence-electron chi connectivity index (χ2n) is 5.17. The highest BCUT2D eigenvalue weighted by Crippen LogP contribution is 2.00. The van der Waals surface area contributed by atoms with E-state index in [1.165, 1.54) is 0 Å². The van der Waals surface area contributed by atoms with Crippen LogP contribution in [0.5, 0.6) is 0 Å². The number of amides is 1. The van der Waals surface area contributed by atoms with Gasteiger partial charge in [-0.2, -0.15) is 0 Å². The van der Waals surface area contributed by atoms with Gasteiger partial charge in [-0.15, -0.1) is 0 Å². The van der Waals surface area contributed by atoms with Crippen molar-refractivity contribution in [1.29, 1.82) is 0 Å². The van der Waals surface area contributed by atoms with Crippen molar-refractivity contribution in [3.63, 3.8) is 0 Å². The highest BCUT2D eigenvalue weighted by atomic mass is 16.3. The molecule has 0 radical (unpaired) electrons. The molecule has 0 bridgehead atoms. The second kappa shape index (κ2) is 9.42. The molecule has 0 rings (SSSR count). The molecule has 0 saturated heterocycles. The number of hydrogen-bond donors (Lipinski definition) is 2. The van der Waals surface area contributed by atoms with Gasteiger partial charge in [-0.1, -0.05) is 13.8 Å². The molecule has 102 valence electrons. The monoisotopic (exact) mass is 244 g/mol. The molecular formula is C13H28N2O2. The highest BCUT2D eigenvalue weighted by Gasteiger charge is 2.13. The number of aliphatic hydroxyl groups excluding tert-OH is 1. The second-order valence-corrected chi connectivity index (χ2v) is 5.17. The number of carbonyl (C=O) groups excluding carboxylic acids is 1. The van der Waals surface area contributed by atoms with E-state index in [2.05, 4.69) is 37.9 Å². The maximum atomic E-state index is 11.7. The third kappa shape index (κ3) is 9.12. The lowest BCUT2D eigenvalue weighted by atomic mass is 10.1. The number of nitrogens with one attached hydrogen (secondary N) is 1. The van der Waals surface area contributed by atoms with Gasteiger partial charge in [-0.3, -0.25) is 9.69 Å². The number of hydrogen-bond acceptors (Lipinski definition) is 3. The molecule has 4 nitrogen and oxygen atoms in total. The summed E-state index contributed by atoms with van der Waals surface area (Å²) in [5.74, 6) is 0.697. The van der Waals surface area contributed by atoms with Crippen molar-refractivity contribution in [3.05, 3.63) is 0 Å². The maximum Gasteiger partial charge on any atom is 0.234 e. The standard InChI is InChI=1S/C13H28N2O2/c1-11(2)6-7-14-13(17)10-15(12(3)4)8-5-9-16/h11-12,16H,5-10H2,1-4H3,(H,14,17). The molecule has 0 aromatic rings. The van der Waals surface area contributed by atoms with Gasteiger partial charge in [-0.05, 0) is 32.6 Å². The van der Waals surface area contributed by atoms with Crippen LogP contribution in [-0.4, -0.2) is 48.2 Å². The third-order valence-corrected chi connectivity index (χ3v) is 2.72. The molecule has 0 aliphatic carbocycles. The van der Waals surface area contributed by atoms with Crippen molar-refractivity contribution in [2.75, 3.05) is 26.2 Å². The molecule has 0 saturated carbocycles. The molecule has 0 aliphatic rings. The summed E-state index contributed by atoms with van der Waals surface area (Å²) < 4.78 is 0. The lowest BCUT2D eigenvalue weighted by Crippen LogP contribution is -2.41. The Morgan fingerprint density at radius 3 is 2.41 bits per heavy atom. The fraction of sp³-hybridized carbons (Fsp3) is 0.923. The number of rotatable bonds is 9. The third-order valence-electron chi connectivity index (χ3n) is 2.72. The first-order chi connectivity index (χ1) is 7.97. The average molecular weight is 244 g/mol. The van der Waals surface area contributed by atoms with Crippen molar-refractivity contribution in [3.8, 4) is 0 Å². The average Bonchev–Trinajstić information content (AvgIpc) is 2.23. The van der Waals surface area contributed by atoms with Crippen molar-refractivity contribution in [2.45, 2.75) is 46.6 Å². The highest BCUT2D eigenvalue weighted by molar-refractivity contribution is 5.78. The Morgan fingerprint density at radius 1 is 1.29 bits per heavy atom. The molecule has 0 fully saturated rings. The summed E-state index contributed by atoms with van der Waals surface area (Å²) in [6.45, 7) is 10.6. The van der Waals surface area contributed by atoms with E-state index in [0.717, 1.165) is 25.9 Å². The van der Waals surface area contributed by atoms with E-state index in [4.69, 9.17) is 5.11 Å². The van der Waals surface area contributed by atoms with Crippen molar-refractivity contribution >= 4 is 5.91 Å². The van der Waals surface area contributed by atoms with Crippen LogP contribution in [0.2, 0.25) is 0 Å². The van der Waals surface area contributed by atoms with E-state index in [1.807, 2.05) is 0 Å². The molecular weight excluding hydrogens is 216 g/mol. The van der Waals surface area contributed by atoms with Gasteiger partial charge in [0.15, 0.2) is 0 Å². The zero-order valence-electron chi connectivity index (χ0n) is 11.7. The Bertz CT molecular complexity index is 206. The van der Waals surface area contributed by atoms with Crippen LogP contribution in [0.4, 0.5) is 0 Å². The molecule has 0 heterocycles. The summed E-state index contributed by atoms with van der Waals surface area (Å²) in [7, 11) is 0. The molecule has 0 aromatic carbocycles. The summed E-state index contributed by atoms with van der Waals surface area (Å²) in [6, 6.07) is 0.331. The summed E-state index contributed by atoms with van der Waals surface area (Å²) in [4.78, 5) is 13.8. The molecule has 0 unspecified atom stereocenters. The molecule has 2 N–H and O–H groups in total. The minimum atomic E-state index is 0.0808. The summed E-state index contributed by atoms with van der Waals surface area (Å²) in [5, 5.41) is 11.7. The zero-order valence-corrected chi connectivity index (χ0v) is 11.7. The van der Waals surface area contributed by atoms with Crippen LogP contribution in [-0.2, 0) is 4.79 Å². The van der Waals surface area contributed by atoms with Gasteiger partial charge in [-0.25, -0.2) is 0 Å². The minimum Gasteiger partial charge on any atom is -0.396 e.